The maximum absolute atomic E-state index is 3.85. The molecule has 0 saturated carbocycles. The number of allylic oxidation sites excluding steroid dienone is 2. The van der Waals surface area contributed by atoms with E-state index in [2.05, 4.69) is 31.6 Å². The predicted molar refractivity (Wildman–Crippen MR) is 53.5 cm³/mol. The molecular formula is C10H19N. The minimum atomic E-state index is 1.02. The Bertz CT molecular complexity index is 125. The van der Waals surface area contributed by atoms with E-state index >= 15 is 0 Å². The lowest BCUT2D eigenvalue weighted by Gasteiger charge is -2.15. The van der Waals surface area contributed by atoms with Crippen LogP contribution in [0.1, 0.15) is 13.8 Å². The largest absolute Gasteiger partial charge is 0.375 e. The molecule has 1 nitrogen and oxygen atoms in total. The molecule has 0 amide bonds. The summed E-state index contributed by atoms with van der Waals surface area (Å²) in [5.74, 6) is 0. The second kappa shape index (κ2) is 9.02. The molecule has 0 rings (SSSR count). The Morgan fingerprint density at radius 3 is 2.18 bits per heavy atom. The van der Waals surface area contributed by atoms with E-state index in [1.807, 2.05) is 26.1 Å². The average molecular weight is 153 g/mol. The lowest BCUT2D eigenvalue weighted by atomic mass is 10.4. The first-order chi connectivity index (χ1) is 5.22. The normalized spacial score (nSPS) is 8.64. The highest BCUT2D eigenvalue weighted by molar-refractivity contribution is 5.11. The Hall–Kier alpha value is -0.980. The standard InChI is InChI=1S/C8H15N.C2H4/c1-5-7-8(3)9(4)6-2;1-2/h5,7H,3,6H2,1-2,4H3;1-2H2/b7-5-;. The van der Waals surface area contributed by atoms with Gasteiger partial charge in [-0.25, -0.2) is 0 Å². The molecule has 0 spiro atoms. The molecule has 0 aromatic rings. The van der Waals surface area contributed by atoms with E-state index in [0.717, 1.165) is 12.2 Å². The van der Waals surface area contributed by atoms with Crippen molar-refractivity contribution in [3.05, 3.63) is 37.6 Å². The van der Waals surface area contributed by atoms with Gasteiger partial charge in [-0.1, -0.05) is 12.7 Å². The van der Waals surface area contributed by atoms with Crippen LogP contribution in [0.25, 0.3) is 0 Å². The van der Waals surface area contributed by atoms with Gasteiger partial charge in [0.25, 0.3) is 0 Å². The lowest BCUT2D eigenvalue weighted by molar-refractivity contribution is 0.458. The number of nitrogens with zero attached hydrogens (tertiary/aromatic N) is 1. The molecule has 0 saturated heterocycles. The van der Waals surface area contributed by atoms with Crippen LogP contribution in [-0.2, 0) is 0 Å². The van der Waals surface area contributed by atoms with E-state index in [-0.39, 0.29) is 0 Å². The summed E-state index contributed by atoms with van der Waals surface area (Å²) in [4.78, 5) is 2.10. The molecular weight excluding hydrogens is 134 g/mol. The zero-order chi connectivity index (χ0) is 9.28. The third kappa shape index (κ3) is 6.91. The Morgan fingerprint density at radius 2 is 1.91 bits per heavy atom. The predicted octanol–water partition coefficient (Wildman–Crippen LogP) is 2.83. The Morgan fingerprint density at radius 1 is 1.45 bits per heavy atom. The van der Waals surface area contributed by atoms with E-state index in [1.54, 1.807) is 0 Å². The lowest BCUT2D eigenvalue weighted by Crippen LogP contribution is -2.14. The molecule has 0 N–H and O–H groups in total. The second-order valence-corrected chi connectivity index (χ2v) is 2.01. The molecule has 0 aromatic carbocycles. The van der Waals surface area contributed by atoms with Gasteiger partial charge in [-0.2, -0.15) is 0 Å². The van der Waals surface area contributed by atoms with Crippen LogP contribution < -0.4 is 0 Å². The molecule has 0 fully saturated rings. The van der Waals surface area contributed by atoms with Crippen molar-refractivity contribution < 1.29 is 0 Å². The first-order valence-electron chi connectivity index (χ1n) is 3.75. The van der Waals surface area contributed by atoms with Crippen molar-refractivity contribution in [2.45, 2.75) is 13.8 Å². The molecule has 0 aliphatic heterocycles. The molecule has 64 valence electrons. The molecule has 0 radical (unpaired) electrons. The van der Waals surface area contributed by atoms with E-state index in [0.29, 0.717) is 0 Å². The fraction of sp³-hybridized carbons (Fsp3) is 0.400. The molecule has 0 atom stereocenters. The first kappa shape index (κ1) is 12.7. The van der Waals surface area contributed by atoms with Gasteiger partial charge in [0.05, 0.1) is 0 Å². The maximum Gasteiger partial charge on any atom is 0.0287 e. The van der Waals surface area contributed by atoms with Crippen LogP contribution in [0.5, 0.6) is 0 Å². The summed E-state index contributed by atoms with van der Waals surface area (Å²) in [6.07, 6.45) is 4.00. The second-order valence-electron chi connectivity index (χ2n) is 2.01. The summed E-state index contributed by atoms with van der Waals surface area (Å²) < 4.78 is 0. The monoisotopic (exact) mass is 153 g/mol. The van der Waals surface area contributed by atoms with Crippen LogP contribution in [0.3, 0.4) is 0 Å². The van der Waals surface area contributed by atoms with E-state index in [9.17, 15) is 0 Å². The molecule has 1 heteroatoms. The topological polar surface area (TPSA) is 3.24 Å². The van der Waals surface area contributed by atoms with Gasteiger partial charge in [-0.15, -0.1) is 13.2 Å². The number of hydrogen-bond acceptors (Lipinski definition) is 1. The molecule has 0 aliphatic carbocycles. The van der Waals surface area contributed by atoms with Gasteiger partial charge in [0.1, 0.15) is 0 Å². The summed E-state index contributed by atoms with van der Waals surface area (Å²) in [5, 5.41) is 0. The van der Waals surface area contributed by atoms with E-state index in [1.165, 1.54) is 0 Å². The number of rotatable bonds is 3. The number of hydrogen-bond donors (Lipinski definition) is 0. The van der Waals surface area contributed by atoms with Gasteiger partial charge < -0.3 is 4.90 Å². The van der Waals surface area contributed by atoms with Crippen LogP contribution in [0.2, 0.25) is 0 Å². The Labute approximate surface area is 70.7 Å². The maximum atomic E-state index is 3.85. The van der Waals surface area contributed by atoms with Crippen molar-refractivity contribution in [1.82, 2.24) is 4.90 Å². The molecule has 11 heavy (non-hydrogen) atoms. The van der Waals surface area contributed by atoms with Gasteiger partial charge in [0, 0.05) is 19.3 Å². The SMILES string of the molecule is C=C.C=C(/C=C\C)N(C)CC. The zero-order valence-corrected chi connectivity index (χ0v) is 7.93. The van der Waals surface area contributed by atoms with Gasteiger partial charge in [0.2, 0.25) is 0 Å². The molecule has 0 bridgehead atoms. The highest BCUT2D eigenvalue weighted by Crippen LogP contribution is 1.97. The van der Waals surface area contributed by atoms with Crippen molar-refractivity contribution >= 4 is 0 Å². The highest BCUT2D eigenvalue weighted by Gasteiger charge is 1.90. The minimum absolute atomic E-state index is 1.02. The van der Waals surface area contributed by atoms with Crippen LogP contribution in [0.4, 0.5) is 0 Å². The molecule has 0 aliphatic rings. The summed E-state index contributed by atoms with van der Waals surface area (Å²) in [7, 11) is 2.03. The number of likely N-dealkylation sites (N-methyl/N-ethyl adjacent to an activating group) is 1. The summed E-state index contributed by atoms with van der Waals surface area (Å²) in [5.41, 5.74) is 1.07. The first-order valence-corrected chi connectivity index (χ1v) is 3.75. The van der Waals surface area contributed by atoms with Gasteiger partial charge >= 0.3 is 0 Å². The van der Waals surface area contributed by atoms with Crippen molar-refractivity contribution in [3.63, 3.8) is 0 Å². The fourth-order valence-electron chi connectivity index (χ4n) is 0.523. The van der Waals surface area contributed by atoms with Crippen LogP contribution >= 0.6 is 0 Å². The minimum Gasteiger partial charge on any atom is -0.375 e. The highest BCUT2D eigenvalue weighted by atomic mass is 15.1. The zero-order valence-electron chi connectivity index (χ0n) is 7.93. The summed E-state index contributed by atoms with van der Waals surface area (Å²) in [6, 6.07) is 0. The quantitative estimate of drug-likeness (QED) is 0.445. The fourth-order valence-corrected chi connectivity index (χ4v) is 0.523. The van der Waals surface area contributed by atoms with Crippen LogP contribution in [-0.4, -0.2) is 18.5 Å². The van der Waals surface area contributed by atoms with Crippen LogP contribution in [0, 0.1) is 0 Å². The van der Waals surface area contributed by atoms with Gasteiger partial charge in [-0.3, -0.25) is 0 Å². The van der Waals surface area contributed by atoms with Crippen molar-refractivity contribution in [2.75, 3.05) is 13.6 Å². The van der Waals surface area contributed by atoms with Crippen LogP contribution in [0.15, 0.2) is 37.6 Å². The Kier molecular flexibility index (Phi) is 10.4. The third-order valence-electron chi connectivity index (χ3n) is 1.32. The molecule has 0 unspecified atom stereocenters. The Balaban J connectivity index is 0. The smallest absolute Gasteiger partial charge is 0.0287 e. The average Bonchev–Trinajstić information content (AvgIpc) is 2.07. The van der Waals surface area contributed by atoms with Crippen molar-refractivity contribution in [2.24, 2.45) is 0 Å². The van der Waals surface area contributed by atoms with Gasteiger partial charge in [0.15, 0.2) is 0 Å². The van der Waals surface area contributed by atoms with Gasteiger partial charge in [-0.05, 0) is 19.9 Å². The molecule has 0 aromatic heterocycles. The van der Waals surface area contributed by atoms with E-state index < -0.39 is 0 Å². The molecule has 0 heterocycles. The van der Waals surface area contributed by atoms with E-state index in [4.69, 9.17) is 0 Å². The third-order valence-corrected chi connectivity index (χ3v) is 1.32. The van der Waals surface area contributed by atoms with Crippen molar-refractivity contribution in [1.29, 1.82) is 0 Å². The van der Waals surface area contributed by atoms with Crippen molar-refractivity contribution in [3.8, 4) is 0 Å². The summed E-state index contributed by atoms with van der Waals surface area (Å²) >= 11 is 0. The summed E-state index contributed by atoms with van der Waals surface area (Å²) in [6.45, 7) is 15.0.